The third-order valence-corrected chi connectivity index (χ3v) is 2.77. The Morgan fingerprint density at radius 1 is 1.43 bits per heavy atom. The van der Waals surface area contributed by atoms with E-state index < -0.39 is 0 Å². The van der Waals surface area contributed by atoms with Gasteiger partial charge < -0.3 is 0 Å². The van der Waals surface area contributed by atoms with Gasteiger partial charge in [-0.25, -0.2) is 9.50 Å². The third kappa shape index (κ3) is 0.967. The van der Waals surface area contributed by atoms with Crippen LogP contribution in [0.5, 0.6) is 0 Å². The maximum absolute atomic E-state index is 4.45. The smallest absolute Gasteiger partial charge is 0.219 e. The number of rotatable bonds is 1. The second-order valence-corrected chi connectivity index (χ2v) is 3.68. The fourth-order valence-electron chi connectivity index (χ4n) is 2.03. The maximum atomic E-state index is 4.45. The molecule has 0 atom stereocenters. The van der Waals surface area contributed by atoms with Crippen LogP contribution in [0.15, 0.2) is 6.20 Å². The average molecular weight is 188 g/mol. The first-order chi connectivity index (χ1) is 6.88. The molecule has 0 saturated heterocycles. The molecule has 2 aromatic heterocycles. The molecule has 0 N–H and O–H groups in total. The van der Waals surface area contributed by atoms with Crippen molar-refractivity contribution < 1.29 is 0 Å². The number of hydrogen-bond acceptors (Lipinski definition) is 3. The van der Waals surface area contributed by atoms with Gasteiger partial charge in [0.1, 0.15) is 0 Å². The number of fused-ring (bicyclic) bond motifs is 3. The van der Waals surface area contributed by atoms with Crippen LogP contribution >= 0.6 is 0 Å². The molecule has 0 spiro atoms. The highest BCUT2D eigenvalue weighted by Crippen LogP contribution is 2.20. The minimum atomic E-state index is 0.752. The lowest BCUT2D eigenvalue weighted by Gasteiger charge is -1.99. The molecule has 4 heteroatoms. The van der Waals surface area contributed by atoms with Crippen molar-refractivity contribution in [1.29, 1.82) is 0 Å². The molecule has 0 fully saturated rings. The van der Waals surface area contributed by atoms with Gasteiger partial charge in [-0.3, -0.25) is 0 Å². The molecule has 0 aliphatic heterocycles. The Hall–Kier alpha value is -1.45. The normalized spacial score (nSPS) is 14.9. The predicted octanol–water partition coefficient (Wildman–Crippen LogP) is 1.18. The highest BCUT2D eigenvalue weighted by Gasteiger charge is 2.16. The number of aromatic nitrogens is 4. The van der Waals surface area contributed by atoms with E-state index in [4.69, 9.17) is 0 Å². The zero-order chi connectivity index (χ0) is 9.54. The van der Waals surface area contributed by atoms with Gasteiger partial charge in [0.25, 0.3) is 5.78 Å². The molecular formula is C10H12N4. The average Bonchev–Trinajstić information content (AvgIpc) is 2.82. The minimum Gasteiger partial charge on any atom is -0.219 e. The summed E-state index contributed by atoms with van der Waals surface area (Å²) in [7, 11) is 0. The zero-order valence-electron chi connectivity index (χ0n) is 8.19. The molecule has 0 bridgehead atoms. The molecule has 2 aromatic rings. The largest absolute Gasteiger partial charge is 0.252 e. The third-order valence-electron chi connectivity index (χ3n) is 2.77. The topological polar surface area (TPSA) is 43.1 Å². The van der Waals surface area contributed by atoms with Gasteiger partial charge in [-0.1, -0.05) is 6.92 Å². The van der Waals surface area contributed by atoms with Crippen LogP contribution in [0.2, 0.25) is 0 Å². The number of aryl methyl sites for hydroxylation is 3. The van der Waals surface area contributed by atoms with E-state index in [9.17, 15) is 0 Å². The summed E-state index contributed by atoms with van der Waals surface area (Å²) < 4.78 is 1.92. The molecule has 4 nitrogen and oxygen atoms in total. The molecule has 0 saturated carbocycles. The van der Waals surface area contributed by atoms with Crippen LogP contribution in [0, 0.1) is 0 Å². The fraction of sp³-hybridized carbons (Fsp3) is 0.500. The molecular weight excluding hydrogens is 176 g/mol. The van der Waals surface area contributed by atoms with Crippen molar-refractivity contribution in [2.75, 3.05) is 0 Å². The molecule has 3 rings (SSSR count). The number of nitrogens with zero attached hydrogens (tertiary/aromatic N) is 4. The lowest BCUT2D eigenvalue weighted by Crippen LogP contribution is -1.99. The van der Waals surface area contributed by atoms with E-state index in [2.05, 4.69) is 22.0 Å². The van der Waals surface area contributed by atoms with Crippen LogP contribution in [0.1, 0.15) is 30.4 Å². The van der Waals surface area contributed by atoms with Gasteiger partial charge in [0, 0.05) is 12.6 Å². The van der Waals surface area contributed by atoms with Gasteiger partial charge in [0.2, 0.25) is 0 Å². The highest BCUT2D eigenvalue weighted by molar-refractivity contribution is 5.35. The molecule has 1 aliphatic rings. The second-order valence-electron chi connectivity index (χ2n) is 3.68. The van der Waals surface area contributed by atoms with Crippen molar-refractivity contribution in [3.63, 3.8) is 0 Å². The Bertz CT molecular complexity index is 486. The van der Waals surface area contributed by atoms with Gasteiger partial charge in [-0.05, 0) is 24.8 Å². The van der Waals surface area contributed by atoms with Gasteiger partial charge >= 0.3 is 0 Å². The van der Waals surface area contributed by atoms with Crippen molar-refractivity contribution in [3.05, 3.63) is 23.3 Å². The summed E-state index contributed by atoms with van der Waals surface area (Å²) in [6.45, 7) is 2.06. The lowest BCUT2D eigenvalue weighted by molar-refractivity contribution is 0.814. The quantitative estimate of drug-likeness (QED) is 0.674. The van der Waals surface area contributed by atoms with Crippen molar-refractivity contribution in [2.45, 2.75) is 32.6 Å². The summed E-state index contributed by atoms with van der Waals surface area (Å²) in [6, 6.07) is 0. The minimum absolute atomic E-state index is 0.752. The summed E-state index contributed by atoms with van der Waals surface area (Å²) in [5.74, 6) is 1.64. The van der Waals surface area contributed by atoms with Gasteiger partial charge in [-0.2, -0.15) is 4.98 Å². The van der Waals surface area contributed by atoms with Gasteiger partial charge in [-0.15, -0.1) is 5.10 Å². The van der Waals surface area contributed by atoms with E-state index in [-0.39, 0.29) is 0 Å². The van der Waals surface area contributed by atoms with Crippen LogP contribution in [-0.4, -0.2) is 19.6 Å². The van der Waals surface area contributed by atoms with Crippen molar-refractivity contribution in [3.8, 4) is 0 Å². The molecule has 72 valence electrons. The Labute approximate surface area is 82.0 Å². The summed E-state index contributed by atoms with van der Waals surface area (Å²) in [4.78, 5) is 8.66. The first-order valence-corrected chi connectivity index (χ1v) is 5.11. The van der Waals surface area contributed by atoms with E-state index in [1.807, 2.05) is 10.7 Å². The van der Waals surface area contributed by atoms with Gasteiger partial charge in [0.05, 0.1) is 5.69 Å². The van der Waals surface area contributed by atoms with E-state index in [0.717, 1.165) is 30.9 Å². The molecule has 0 radical (unpaired) electrons. The van der Waals surface area contributed by atoms with Crippen LogP contribution in [0.4, 0.5) is 0 Å². The molecule has 0 unspecified atom stereocenters. The Balaban J connectivity index is 2.31. The Kier molecular flexibility index (Phi) is 1.56. The summed E-state index contributed by atoms with van der Waals surface area (Å²) in [5, 5.41) is 4.45. The zero-order valence-corrected chi connectivity index (χ0v) is 8.19. The number of hydrogen-bond donors (Lipinski definition) is 0. The molecule has 0 amide bonds. The summed E-state index contributed by atoms with van der Waals surface area (Å²) in [6.07, 6.45) is 6.29. The van der Waals surface area contributed by atoms with Crippen LogP contribution in [0.25, 0.3) is 5.78 Å². The Morgan fingerprint density at radius 3 is 3.21 bits per heavy atom. The van der Waals surface area contributed by atoms with Crippen LogP contribution in [-0.2, 0) is 19.3 Å². The first kappa shape index (κ1) is 7.91. The Morgan fingerprint density at radius 2 is 2.36 bits per heavy atom. The molecule has 0 aromatic carbocycles. The molecule has 1 aliphatic carbocycles. The standard InChI is InChI=1S/C10H12N4/c1-2-9-12-10-11-6-7-4-3-5-8(7)14(10)13-9/h6H,2-5H2,1H3. The van der Waals surface area contributed by atoms with Crippen LogP contribution < -0.4 is 0 Å². The lowest BCUT2D eigenvalue weighted by atomic mass is 10.3. The van der Waals surface area contributed by atoms with Gasteiger partial charge in [0.15, 0.2) is 5.82 Å². The van der Waals surface area contributed by atoms with Crippen LogP contribution in [0.3, 0.4) is 0 Å². The molecule has 2 heterocycles. The SMILES string of the molecule is CCc1nc2ncc3c(n2n1)CCC3. The summed E-state index contributed by atoms with van der Waals surface area (Å²) >= 11 is 0. The predicted molar refractivity (Wildman–Crippen MR) is 52.2 cm³/mol. The second kappa shape index (κ2) is 2.77. The first-order valence-electron chi connectivity index (χ1n) is 5.11. The highest BCUT2D eigenvalue weighted by atomic mass is 15.3. The van der Waals surface area contributed by atoms with E-state index in [1.165, 1.54) is 17.7 Å². The van der Waals surface area contributed by atoms with Crippen molar-refractivity contribution in [2.24, 2.45) is 0 Å². The van der Waals surface area contributed by atoms with E-state index in [0.29, 0.717) is 0 Å². The van der Waals surface area contributed by atoms with Crippen molar-refractivity contribution in [1.82, 2.24) is 19.6 Å². The van der Waals surface area contributed by atoms with E-state index >= 15 is 0 Å². The molecule has 14 heavy (non-hydrogen) atoms. The van der Waals surface area contributed by atoms with E-state index in [1.54, 1.807) is 0 Å². The maximum Gasteiger partial charge on any atom is 0.252 e. The summed E-state index contributed by atoms with van der Waals surface area (Å²) in [5.41, 5.74) is 2.65. The monoisotopic (exact) mass is 188 g/mol. The fourth-order valence-corrected chi connectivity index (χ4v) is 2.03. The van der Waals surface area contributed by atoms with Crippen molar-refractivity contribution >= 4 is 5.78 Å².